The highest BCUT2D eigenvalue weighted by molar-refractivity contribution is 6.34. The molecule has 102 valence electrons. The number of benzene rings is 1. The standard InChI is InChI=1S/C15H13Cl2N3/c1-9-6-13(16)20-15(17)14(9)19-8-10-7-18-12-5-3-2-4-11(10)12/h2-7,18-19H,8H2,1H3. The van der Waals surface area contributed by atoms with E-state index >= 15 is 0 Å². The van der Waals surface area contributed by atoms with Gasteiger partial charge < -0.3 is 10.3 Å². The smallest absolute Gasteiger partial charge is 0.154 e. The first kappa shape index (κ1) is 13.3. The van der Waals surface area contributed by atoms with Crippen molar-refractivity contribution in [2.75, 3.05) is 5.32 Å². The minimum atomic E-state index is 0.398. The Morgan fingerprint density at radius 1 is 1.25 bits per heavy atom. The third-order valence-corrected chi connectivity index (χ3v) is 3.74. The predicted molar refractivity (Wildman–Crippen MR) is 84.6 cm³/mol. The lowest BCUT2D eigenvalue weighted by molar-refractivity contribution is 1.13. The van der Waals surface area contributed by atoms with Crippen molar-refractivity contribution in [1.29, 1.82) is 0 Å². The van der Waals surface area contributed by atoms with E-state index in [9.17, 15) is 0 Å². The largest absolute Gasteiger partial charge is 0.378 e. The van der Waals surface area contributed by atoms with Gasteiger partial charge in [-0.05, 0) is 30.2 Å². The second kappa shape index (κ2) is 5.35. The average molecular weight is 306 g/mol. The molecule has 3 rings (SSSR count). The highest BCUT2D eigenvalue weighted by Crippen LogP contribution is 2.27. The number of H-pyrrole nitrogens is 1. The Morgan fingerprint density at radius 2 is 2.05 bits per heavy atom. The number of para-hydroxylation sites is 1. The second-order valence-corrected chi connectivity index (χ2v) is 5.39. The number of aryl methyl sites for hydroxylation is 1. The van der Waals surface area contributed by atoms with Crippen molar-refractivity contribution in [3.8, 4) is 0 Å². The number of aromatic amines is 1. The summed E-state index contributed by atoms with van der Waals surface area (Å²) >= 11 is 12.0. The van der Waals surface area contributed by atoms with Crippen molar-refractivity contribution in [3.63, 3.8) is 0 Å². The fourth-order valence-corrected chi connectivity index (χ4v) is 2.87. The number of halogens is 2. The molecule has 0 saturated heterocycles. The molecule has 0 amide bonds. The molecule has 0 saturated carbocycles. The van der Waals surface area contributed by atoms with Gasteiger partial charge in [-0.1, -0.05) is 41.4 Å². The zero-order valence-electron chi connectivity index (χ0n) is 10.9. The molecular weight excluding hydrogens is 293 g/mol. The summed E-state index contributed by atoms with van der Waals surface area (Å²) in [6.45, 7) is 2.63. The minimum absolute atomic E-state index is 0.398. The van der Waals surface area contributed by atoms with Gasteiger partial charge in [-0.15, -0.1) is 0 Å². The maximum absolute atomic E-state index is 6.13. The lowest BCUT2D eigenvalue weighted by atomic mass is 10.1. The molecule has 2 aromatic heterocycles. The zero-order chi connectivity index (χ0) is 14.1. The fraction of sp³-hybridized carbons (Fsp3) is 0.133. The van der Waals surface area contributed by atoms with Crippen LogP contribution in [0, 0.1) is 6.92 Å². The third-order valence-electron chi connectivity index (χ3n) is 3.27. The first-order chi connectivity index (χ1) is 9.65. The first-order valence-electron chi connectivity index (χ1n) is 6.26. The number of pyridine rings is 1. The maximum atomic E-state index is 6.13. The van der Waals surface area contributed by atoms with Crippen molar-refractivity contribution < 1.29 is 0 Å². The normalized spacial score (nSPS) is 10.9. The molecule has 3 aromatic rings. The Balaban J connectivity index is 1.87. The Kier molecular flexibility index (Phi) is 3.55. The lowest BCUT2D eigenvalue weighted by Crippen LogP contribution is -2.02. The molecule has 0 aliphatic rings. The van der Waals surface area contributed by atoms with Crippen LogP contribution in [0.4, 0.5) is 5.69 Å². The molecule has 0 aliphatic carbocycles. The van der Waals surface area contributed by atoms with Crippen molar-refractivity contribution in [3.05, 3.63) is 58.0 Å². The van der Waals surface area contributed by atoms with Gasteiger partial charge in [-0.2, -0.15) is 0 Å². The van der Waals surface area contributed by atoms with Crippen molar-refractivity contribution in [2.45, 2.75) is 13.5 Å². The van der Waals surface area contributed by atoms with E-state index < -0.39 is 0 Å². The lowest BCUT2D eigenvalue weighted by Gasteiger charge is -2.10. The highest BCUT2D eigenvalue weighted by atomic mass is 35.5. The van der Waals surface area contributed by atoms with Crippen LogP contribution < -0.4 is 5.32 Å². The van der Waals surface area contributed by atoms with Gasteiger partial charge in [0, 0.05) is 23.6 Å². The Morgan fingerprint density at radius 3 is 2.85 bits per heavy atom. The molecule has 0 bridgehead atoms. The van der Waals surface area contributed by atoms with Gasteiger partial charge in [-0.25, -0.2) is 4.98 Å². The summed E-state index contributed by atoms with van der Waals surface area (Å²) in [6.07, 6.45) is 2.00. The van der Waals surface area contributed by atoms with Gasteiger partial charge in [0.25, 0.3) is 0 Å². The van der Waals surface area contributed by atoms with E-state index in [-0.39, 0.29) is 0 Å². The molecule has 0 aliphatic heterocycles. The van der Waals surface area contributed by atoms with Crippen LogP contribution in [0.1, 0.15) is 11.1 Å². The Hall–Kier alpha value is -1.71. The van der Waals surface area contributed by atoms with Crippen molar-refractivity contribution in [1.82, 2.24) is 9.97 Å². The van der Waals surface area contributed by atoms with Crippen LogP contribution in [-0.4, -0.2) is 9.97 Å². The molecule has 5 heteroatoms. The van der Waals surface area contributed by atoms with E-state index in [1.807, 2.05) is 25.3 Å². The maximum Gasteiger partial charge on any atom is 0.154 e. The summed E-state index contributed by atoms with van der Waals surface area (Å²) in [5.41, 5.74) is 4.11. The third kappa shape index (κ3) is 2.47. The number of hydrogen-bond acceptors (Lipinski definition) is 2. The van der Waals surface area contributed by atoms with Crippen molar-refractivity contribution >= 4 is 39.8 Å². The molecule has 0 atom stereocenters. The fourth-order valence-electron chi connectivity index (χ4n) is 2.27. The van der Waals surface area contributed by atoms with Crippen LogP contribution in [0.2, 0.25) is 10.3 Å². The van der Waals surface area contributed by atoms with Gasteiger partial charge in [0.1, 0.15) is 5.15 Å². The molecular formula is C15H13Cl2N3. The van der Waals surface area contributed by atoms with E-state index in [2.05, 4.69) is 27.4 Å². The molecule has 2 N–H and O–H groups in total. The number of aromatic nitrogens is 2. The predicted octanol–water partition coefficient (Wildman–Crippen LogP) is 4.79. The average Bonchev–Trinajstić information content (AvgIpc) is 2.81. The summed E-state index contributed by atoms with van der Waals surface area (Å²) in [5, 5.41) is 5.34. The molecule has 20 heavy (non-hydrogen) atoms. The van der Waals surface area contributed by atoms with Gasteiger partial charge in [0.2, 0.25) is 0 Å². The molecule has 1 aromatic carbocycles. The van der Waals surface area contributed by atoms with Crippen LogP contribution in [0.5, 0.6) is 0 Å². The number of nitrogens with one attached hydrogen (secondary N) is 2. The minimum Gasteiger partial charge on any atom is -0.378 e. The molecule has 3 nitrogen and oxygen atoms in total. The first-order valence-corrected chi connectivity index (χ1v) is 7.02. The Bertz CT molecular complexity index is 742. The highest BCUT2D eigenvalue weighted by Gasteiger charge is 2.09. The topological polar surface area (TPSA) is 40.7 Å². The number of fused-ring (bicyclic) bond motifs is 1. The van der Waals surface area contributed by atoms with Gasteiger partial charge in [0.15, 0.2) is 5.15 Å². The van der Waals surface area contributed by atoms with Crippen LogP contribution >= 0.6 is 23.2 Å². The van der Waals surface area contributed by atoms with Gasteiger partial charge in [-0.3, -0.25) is 0 Å². The summed E-state index contributed by atoms with van der Waals surface area (Å²) < 4.78 is 0. The molecule has 0 radical (unpaired) electrons. The van der Waals surface area contributed by atoms with E-state index in [0.29, 0.717) is 16.9 Å². The molecule has 0 fully saturated rings. The van der Waals surface area contributed by atoms with Gasteiger partial charge >= 0.3 is 0 Å². The summed E-state index contributed by atoms with van der Waals surface area (Å²) in [5.74, 6) is 0. The van der Waals surface area contributed by atoms with E-state index in [0.717, 1.165) is 16.8 Å². The summed E-state index contributed by atoms with van der Waals surface area (Å²) in [7, 11) is 0. The SMILES string of the molecule is Cc1cc(Cl)nc(Cl)c1NCc1c[nH]c2ccccc12. The van der Waals surface area contributed by atoms with E-state index in [4.69, 9.17) is 23.2 Å². The van der Waals surface area contributed by atoms with Crippen LogP contribution in [0.15, 0.2) is 36.5 Å². The van der Waals surface area contributed by atoms with Crippen LogP contribution in [0.3, 0.4) is 0 Å². The van der Waals surface area contributed by atoms with Crippen molar-refractivity contribution in [2.24, 2.45) is 0 Å². The van der Waals surface area contributed by atoms with E-state index in [1.165, 1.54) is 10.9 Å². The number of rotatable bonds is 3. The Labute approximate surface area is 126 Å². The number of hydrogen-bond donors (Lipinski definition) is 2. The summed E-state index contributed by atoms with van der Waals surface area (Å²) in [4.78, 5) is 7.31. The number of anilines is 1. The zero-order valence-corrected chi connectivity index (χ0v) is 12.4. The van der Waals surface area contributed by atoms with E-state index in [1.54, 1.807) is 6.07 Å². The quantitative estimate of drug-likeness (QED) is 0.683. The monoisotopic (exact) mass is 305 g/mol. The summed E-state index contributed by atoms with van der Waals surface area (Å²) in [6, 6.07) is 9.99. The molecule has 2 heterocycles. The second-order valence-electron chi connectivity index (χ2n) is 4.64. The van der Waals surface area contributed by atoms with Crippen LogP contribution in [-0.2, 0) is 6.54 Å². The number of nitrogens with zero attached hydrogens (tertiary/aromatic N) is 1. The molecule has 0 spiro atoms. The van der Waals surface area contributed by atoms with Gasteiger partial charge in [0.05, 0.1) is 5.69 Å². The van der Waals surface area contributed by atoms with Crippen LogP contribution in [0.25, 0.3) is 10.9 Å². The molecule has 0 unspecified atom stereocenters.